The fraction of sp³-hybridized carbons (Fsp3) is 0.900. The van der Waals surface area contributed by atoms with Crippen molar-refractivity contribution in [2.75, 3.05) is 26.3 Å². The zero-order valence-electron chi connectivity index (χ0n) is 17.0. The van der Waals surface area contributed by atoms with Gasteiger partial charge in [-0.2, -0.15) is 0 Å². The number of nitrogens with one attached hydrogen (secondary N) is 3. The highest BCUT2D eigenvalue weighted by Crippen LogP contribution is 2.29. The number of ether oxygens (including phenoxy) is 1. The lowest BCUT2D eigenvalue weighted by Crippen LogP contribution is -2.47. The van der Waals surface area contributed by atoms with Crippen LogP contribution in [0.1, 0.15) is 58.3 Å². The number of nitrogens with zero attached hydrogens (tertiary/aromatic N) is 1. The second-order valence-corrected chi connectivity index (χ2v) is 8.34. The zero-order chi connectivity index (χ0) is 19.1. The SMILES string of the molecule is CCNC(=NCC(O)COCC1CC1)NC1CCCC(C(=O)NC2CC2)C1.I. The van der Waals surface area contributed by atoms with Gasteiger partial charge in [-0.15, -0.1) is 24.0 Å². The molecule has 0 aromatic carbocycles. The van der Waals surface area contributed by atoms with Crippen LogP contribution < -0.4 is 16.0 Å². The summed E-state index contributed by atoms with van der Waals surface area (Å²) in [7, 11) is 0. The molecule has 0 heterocycles. The minimum absolute atomic E-state index is 0. The molecule has 28 heavy (non-hydrogen) atoms. The van der Waals surface area contributed by atoms with Gasteiger partial charge in [-0.1, -0.05) is 6.42 Å². The van der Waals surface area contributed by atoms with Crippen molar-refractivity contribution in [3.63, 3.8) is 0 Å². The van der Waals surface area contributed by atoms with Crippen LogP contribution in [0.5, 0.6) is 0 Å². The number of aliphatic imine (C=N–C) groups is 1. The number of hydrogen-bond donors (Lipinski definition) is 4. The maximum atomic E-state index is 12.3. The first-order chi connectivity index (χ1) is 13.1. The van der Waals surface area contributed by atoms with Crippen LogP contribution >= 0.6 is 24.0 Å². The molecule has 1 amide bonds. The molecule has 0 aromatic rings. The van der Waals surface area contributed by atoms with Crippen molar-refractivity contribution in [3.05, 3.63) is 0 Å². The van der Waals surface area contributed by atoms with Crippen LogP contribution in [0.3, 0.4) is 0 Å². The molecule has 3 saturated carbocycles. The van der Waals surface area contributed by atoms with Gasteiger partial charge in [-0.3, -0.25) is 9.79 Å². The summed E-state index contributed by atoms with van der Waals surface area (Å²) in [6, 6.07) is 0.670. The Morgan fingerprint density at radius 2 is 1.93 bits per heavy atom. The van der Waals surface area contributed by atoms with Crippen molar-refractivity contribution >= 4 is 35.8 Å². The van der Waals surface area contributed by atoms with E-state index in [4.69, 9.17) is 4.74 Å². The van der Waals surface area contributed by atoms with Crippen LogP contribution in [-0.4, -0.2) is 61.5 Å². The Bertz CT molecular complexity index is 512. The largest absolute Gasteiger partial charge is 0.389 e. The lowest BCUT2D eigenvalue weighted by molar-refractivity contribution is -0.126. The third kappa shape index (κ3) is 8.82. The molecule has 3 aliphatic rings. The molecule has 0 aromatic heterocycles. The number of halogens is 1. The first-order valence-corrected chi connectivity index (χ1v) is 10.7. The lowest BCUT2D eigenvalue weighted by atomic mass is 9.85. The average Bonchev–Trinajstić information content (AvgIpc) is 3.56. The molecule has 3 rings (SSSR count). The summed E-state index contributed by atoms with van der Waals surface area (Å²) in [6.07, 6.45) is 8.10. The van der Waals surface area contributed by atoms with Crippen molar-refractivity contribution in [2.24, 2.45) is 16.8 Å². The van der Waals surface area contributed by atoms with E-state index in [1.807, 2.05) is 6.92 Å². The summed E-state index contributed by atoms with van der Waals surface area (Å²) >= 11 is 0. The number of rotatable bonds is 10. The molecule has 0 aliphatic heterocycles. The number of guanidine groups is 1. The fourth-order valence-corrected chi connectivity index (χ4v) is 3.52. The second-order valence-electron chi connectivity index (χ2n) is 8.34. The van der Waals surface area contributed by atoms with Crippen molar-refractivity contribution in [1.29, 1.82) is 0 Å². The average molecular weight is 508 g/mol. The Balaban J connectivity index is 0.00000280. The lowest BCUT2D eigenvalue weighted by Gasteiger charge is -2.30. The minimum Gasteiger partial charge on any atom is -0.389 e. The van der Waals surface area contributed by atoms with E-state index in [0.29, 0.717) is 31.1 Å². The van der Waals surface area contributed by atoms with Crippen LogP contribution in [0.15, 0.2) is 4.99 Å². The summed E-state index contributed by atoms with van der Waals surface area (Å²) < 4.78 is 5.53. The highest BCUT2D eigenvalue weighted by atomic mass is 127. The molecular weight excluding hydrogens is 471 g/mol. The van der Waals surface area contributed by atoms with Crippen molar-refractivity contribution in [3.8, 4) is 0 Å². The standard InChI is InChI=1S/C20H36N4O3.HI/c1-2-21-20(22-11-18(25)13-27-12-14-6-7-14)24-17-5-3-4-15(10-17)19(26)23-16-8-9-16;/h14-18,25H,2-13H2,1H3,(H,23,26)(H2,21,22,24);1H. The first-order valence-electron chi connectivity index (χ1n) is 10.7. The smallest absolute Gasteiger partial charge is 0.223 e. The Kier molecular flexibility index (Phi) is 10.3. The predicted molar refractivity (Wildman–Crippen MR) is 121 cm³/mol. The Labute approximate surface area is 185 Å². The summed E-state index contributed by atoms with van der Waals surface area (Å²) in [4.78, 5) is 16.9. The quantitative estimate of drug-likeness (QED) is 0.205. The van der Waals surface area contributed by atoms with Crippen LogP contribution in [0.4, 0.5) is 0 Å². The molecule has 3 unspecified atom stereocenters. The first kappa shape index (κ1) is 23.7. The fourth-order valence-electron chi connectivity index (χ4n) is 3.52. The number of hydrogen-bond acceptors (Lipinski definition) is 4. The van der Waals surface area contributed by atoms with E-state index in [1.54, 1.807) is 0 Å². The van der Waals surface area contributed by atoms with E-state index in [-0.39, 0.29) is 41.8 Å². The summed E-state index contributed by atoms with van der Waals surface area (Å²) in [6.45, 7) is 4.20. The van der Waals surface area contributed by atoms with Gasteiger partial charge in [0.05, 0.1) is 19.3 Å². The summed E-state index contributed by atoms with van der Waals surface area (Å²) in [5, 5.41) is 19.9. The highest BCUT2D eigenvalue weighted by molar-refractivity contribution is 14.0. The number of aliphatic hydroxyl groups excluding tert-OH is 1. The molecule has 0 spiro atoms. The molecule has 8 heteroatoms. The minimum atomic E-state index is -0.581. The molecular formula is C20H37IN4O3. The van der Waals surface area contributed by atoms with Crippen molar-refractivity contribution < 1.29 is 14.6 Å². The van der Waals surface area contributed by atoms with Crippen LogP contribution in [0, 0.1) is 11.8 Å². The normalized spacial score (nSPS) is 26.1. The van der Waals surface area contributed by atoms with Gasteiger partial charge >= 0.3 is 0 Å². The molecule has 0 bridgehead atoms. The Morgan fingerprint density at radius 3 is 2.61 bits per heavy atom. The maximum absolute atomic E-state index is 12.3. The summed E-state index contributed by atoms with van der Waals surface area (Å²) in [5.41, 5.74) is 0. The molecule has 162 valence electrons. The Hall–Kier alpha value is -0.610. The van der Waals surface area contributed by atoms with Gasteiger partial charge in [-0.05, 0) is 57.8 Å². The van der Waals surface area contributed by atoms with E-state index < -0.39 is 6.10 Å². The van der Waals surface area contributed by atoms with E-state index >= 15 is 0 Å². The van der Waals surface area contributed by atoms with Gasteiger partial charge in [0.25, 0.3) is 0 Å². The van der Waals surface area contributed by atoms with E-state index in [0.717, 1.165) is 51.7 Å². The second kappa shape index (κ2) is 12.2. The molecule has 4 N–H and O–H groups in total. The van der Waals surface area contributed by atoms with Gasteiger partial charge in [-0.25, -0.2) is 0 Å². The number of carbonyl (C=O) groups is 1. The van der Waals surface area contributed by atoms with Crippen LogP contribution in [0.2, 0.25) is 0 Å². The van der Waals surface area contributed by atoms with Gasteiger partial charge in [0.1, 0.15) is 0 Å². The maximum Gasteiger partial charge on any atom is 0.223 e. The predicted octanol–water partition coefficient (Wildman–Crippen LogP) is 1.78. The van der Waals surface area contributed by atoms with Crippen molar-refractivity contribution in [2.45, 2.75) is 76.5 Å². The third-order valence-corrected chi connectivity index (χ3v) is 5.47. The molecule has 3 fully saturated rings. The molecule has 7 nitrogen and oxygen atoms in total. The van der Waals surface area contributed by atoms with Gasteiger partial charge in [0.15, 0.2) is 5.96 Å². The third-order valence-electron chi connectivity index (χ3n) is 5.47. The monoisotopic (exact) mass is 508 g/mol. The highest BCUT2D eigenvalue weighted by Gasteiger charge is 2.31. The van der Waals surface area contributed by atoms with E-state index in [9.17, 15) is 9.90 Å². The zero-order valence-corrected chi connectivity index (χ0v) is 19.3. The Morgan fingerprint density at radius 1 is 1.14 bits per heavy atom. The van der Waals surface area contributed by atoms with Crippen LogP contribution in [0.25, 0.3) is 0 Å². The van der Waals surface area contributed by atoms with Gasteiger partial charge in [0, 0.05) is 31.2 Å². The van der Waals surface area contributed by atoms with E-state index in [2.05, 4.69) is 20.9 Å². The molecule has 3 atom stereocenters. The number of carbonyl (C=O) groups excluding carboxylic acids is 1. The molecule has 0 radical (unpaired) electrons. The number of amides is 1. The van der Waals surface area contributed by atoms with Crippen molar-refractivity contribution in [1.82, 2.24) is 16.0 Å². The van der Waals surface area contributed by atoms with E-state index in [1.165, 1.54) is 12.8 Å². The molecule has 3 aliphatic carbocycles. The topological polar surface area (TPSA) is 95.0 Å². The van der Waals surface area contributed by atoms with Gasteiger partial charge in [0.2, 0.25) is 5.91 Å². The number of aliphatic hydroxyl groups is 1. The van der Waals surface area contributed by atoms with Gasteiger partial charge < -0.3 is 25.8 Å². The van der Waals surface area contributed by atoms with Crippen LogP contribution in [-0.2, 0) is 9.53 Å². The summed E-state index contributed by atoms with van der Waals surface area (Å²) in [5.74, 6) is 1.73. The molecule has 0 saturated heterocycles.